The van der Waals surface area contributed by atoms with Crippen LogP contribution < -0.4 is 5.73 Å². The second kappa shape index (κ2) is 4.49. The molecule has 2 aromatic heterocycles. The van der Waals surface area contributed by atoms with E-state index in [1.54, 1.807) is 0 Å². The summed E-state index contributed by atoms with van der Waals surface area (Å²) >= 11 is 0. The van der Waals surface area contributed by atoms with Crippen molar-refractivity contribution in [1.82, 2.24) is 19.7 Å². The van der Waals surface area contributed by atoms with Crippen molar-refractivity contribution in [1.29, 1.82) is 0 Å². The first kappa shape index (κ1) is 12.7. The summed E-state index contributed by atoms with van der Waals surface area (Å²) in [6.45, 7) is 9.80. The van der Waals surface area contributed by atoms with Crippen LogP contribution in [-0.4, -0.2) is 19.7 Å². The highest BCUT2D eigenvalue weighted by molar-refractivity contribution is 5.34. The fraction of sp³-hybridized carbons (Fsp3) is 0.462. The van der Waals surface area contributed by atoms with Gasteiger partial charge in [-0.25, -0.2) is 14.6 Å². The molecule has 1 unspecified atom stereocenters. The van der Waals surface area contributed by atoms with Crippen LogP contribution in [0.4, 0.5) is 0 Å². The lowest BCUT2D eigenvalue weighted by atomic mass is 10.1. The van der Waals surface area contributed by atoms with Crippen molar-refractivity contribution in [3.63, 3.8) is 0 Å². The highest BCUT2D eigenvalue weighted by atomic mass is 15.3. The van der Waals surface area contributed by atoms with Crippen LogP contribution in [0.25, 0.3) is 5.82 Å². The Morgan fingerprint density at radius 3 is 2.33 bits per heavy atom. The highest BCUT2D eigenvalue weighted by Crippen LogP contribution is 2.21. The molecular formula is C13H19N5. The van der Waals surface area contributed by atoms with Crippen LogP contribution in [0.3, 0.4) is 0 Å². The number of aryl methyl sites for hydroxylation is 3. The van der Waals surface area contributed by atoms with Gasteiger partial charge in [-0.05, 0) is 34.6 Å². The lowest BCUT2D eigenvalue weighted by Crippen LogP contribution is -2.09. The van der Waals surface area contributed by atoms with Crippen molar-refractivity contribution < 1.29 is 0 Å². The summed E-state index contributed by atoms with van der Waals surface area (Å²) in [4.78, 5) is 8.70. The van der Waals surface area contributed by atoms with E-state index in [1.165, 1.54) is 0 Å². The molecule has 0 fully saturated rings. The topological polar surface area (TPSA) is 69.6 Å². The Bertz CT molecular complexity index is 563. The van der Waals surface area contributed by atoms with Gasteiger partial charge in [-0.1, -0.05) is 0 Å². The predicted molar refractivity (Wildman–Crippen MR) is 70.7 cm³/mol. The number of hydrogen-bond donors (Lipinski definition) is 1. The maximum atomic E-state index is 5.98. The van der Waals surface area contributed by atoms with E-state index in [9.17, 15) is 0 Å². The molecule has 0 radical (unpaired) electrons. The van der Waals surface area contributed by atoms with Gasteiger partial charge in [0.25, 0.3) is 0 Å². The first-order valence-corrected chi connectivity index (χ1v) is 6.04. The quantitative estimate of drug-likeness (QED) is 0.877. The molecule has 2 aromatic rings. The summed E-state index contributed by atoms with van der Waals surface area (Å²) in [6, 6.07) is 1.90. The van der Waals surface area contributed by atoms with E-state index in [4.69, 9.17) is 5.73 Å². The van der Waals surface area contributed by atoms with Crippen LogP contribution in [0.15, 0.2) is 6.07 Å². The number of aromatic nitrogens is 4. The van der Waals surface area contributed by atoms with Gasteiger partial charge < -0.3 is 5.73 Å². The number of nitrogens with zero attached hydrogens (tertiary/aromatic N) is 4. The van der Waals surface area contributed by atoms with Gasteiger partial charge in [-0.15, -0.1) is 0 Å². The zero-order chi connectivity index (χ0) is 13.4. The van der Waals surface area contributed by atoms with Crippen molar-refractivity contribution >= 4 is 0 Å². The summed E-state index contributed by atoms with van der Waals surface area (Å²) < 4.78 is 1.84. The van der Waals surface area contributed by atoms with Crippen LogP contribution in [0.5, 0.6) is 0 Å². The molecule has 96 valence electrons. The second-order valence-electron chi connectivity index (χ2n) is 4.70. The van der Waals surface area contributed by atoms with Crippen LogP contribution >= 0.6 is 0 Å². The van der Waals surface area contributed by atoms with Crippen molar-refractivity contribution in [3.05, 3.63) is 34.5 Å². The molecular weight excluding hydrogens is 226 g/mol. The summed E-state index contributed by atoms with van der Waals surface area (Å²) in [5, 5.41) is 4.53. The Morgan fingerprint density at radius 2 is 1.83 bits per heavy atom. The fourth-order valence-corrected chi connectivity index (χ4v) is 2.34. The molecule has 5 nitrogen and oxygen atoms in total. The van der Waals surface area contributed by atoms with Crippen molar-refractivity contribution in [2.75, 3.05) is 0 Å². The molecule has 0 amide bonds. The van der Waals surface area contributed by atoms with E-state index in [0.717, 1.165) is 34.3 Å². The molecule has 18 heavy (non-hydrogen) atoms. The summed E-state index contributed by atoms with van der Waals surface area (Å²) in [5.74, 6) is 1.55. The largest absolute Gasteiger partial charge is 0.324 e. The van der Waals surface area contributed by atoms with Crippen molar-refractivity contribution in [3.8, 4) is 5.82 Å². The van der Waals surface area contributed by atoms with E-state index in [-0.39, 0.29) is 6.04 Å². The molecule has 1 atom stereocenters. The standard InChI is InChI=1S/C13H19N5/c1-7-6-12(16-11(5)15-7)18-10(4)13(8(2)14)9(3)17-18/h6,8H,14H2,1-5H3. The minimum absolute atomic E-state index is 0.0252. The molecule has 2 rings (SSSR count). The Morgan fingerprint density at radius 1 is 1.17 bits per heavy atom. The Balaban J connectivity index is 2.61. The molecule has 5 heteroatoms. The van der Waals surface area contributed by atoms with E-state index < -0.39 is 0 Å². The molecule has 0 aliphatic heterocycles. The molecule has 2 heterocycles. The van der Waals surface area contributed by atoms with Crippen molar-refractivity contribution in [2.45, 2.75) is 40.7 Å². The van der Waals surface area contributed by atoms with Gasteiger partial charge in [0.1, 0.15) is 5.82 Å². The molecule has 0 aromatic carbocycles. The molecule has 0 saturated carbocycles. The van der Waals surface area contributed by atoms with E-state index >= 15 is 0 Å². The molecule has 0 aliphatic carbocycles. The third kappa shape index (κ3) is 2.13. The zero-order valence-corrected chi connectivity index (χ0v) is 11.5. The van der Waals surface area contributed by atoms with Gasteiger partial charge in [0.2, 0.25) is 0 Å². The third-order valence-electron chi connectivity index (χ3n) is 2.97. The summed E-state index contributed by atoms with van der Waals surface area (Å²) in [5.41, 5.74) is 10.0. The molecule has 0 saturated heterocycles. The number of rotatable bonds is 2. The zero-order valence-electron chi connectivity index (χ0n) is 11.5. The predicted octanol–water partition coefficient (Wildman–Crippen LogP) is 1.92. The summed E-state index contributed by atoms with van der Waals surface area (Å²) in [6.07, 6.45) is 0. The Hall–Kier alpha value is -1.75. The Kier molecular flexibility index (Phi) is 3.17. The Labute approximate surface area is 107 Å². The fourth-order valence-electron chi connectivity index (χ4n) is 2.34. The molecule has 0 spiro atoms. The van der Waals surface area contributed by atoms with Gasteiger partial charge >= 0.3 is 0 Å². The van der Waals surface area contributed by atoms with Crippen molar-refractivity contribution in [2.24, 2.45) is 5.73 Å². The maximum Gasteiger partial charge on any atom is 0.157 e. The van der Waals surface area contributed by atoms with Crippen LogP contribution in [-0.2, 0) is 0 Å². The minimum Gasteiger partial charge on any atom is -0.324 e. The smallest absolute Gasteiger partial charge is 0.157 e. The van der Waals surface area contributed by atoms with E-state index in [0.29, 0.717) is 0 Å². The summed E-state index contributed by atoms with van der Waals surface area (Å²) in [7, 11) is 0. The second-order valence-corrected chi connectivity index (χ2v) is 4.70. The lowest BCUT2D eigenvalue weighted by molar-refractivity contribution is 0.777. The minimum atomic E-state index is -0.0252. The third-order valence-corrected chi connectivity index (χ3v) is 2.97. The van der Waals surface area contributed by atoms with Gasteiger partial charge in [0, 0.05) is 29.1 Å². The van der Waals surface area contributed by atoms with E-state index in [1.807, 2.05) is 45.4 Å². The van der Waals surface area contributed by atoms with Gasteiger partial charge in [0.05, 0.1) is 5.69 Å². The number of hydrogen-bond acceptors (Lipinski definition) is 4. The maximum absolute atomic E-state index is 5.98. The van der Waals surface area contributed by atoms with E-state index in [2.05, 4.69) is 15.1 Å². The SMILES string of the molecule is Cc1cc(-n2nc(C)c(C(C)N)c2C)nc(C)n1. The average Bonchev–Trinajstić information content (AvgIpc) is 2.52. The first-order chi connectivity index (χ1) is 8.40. The van der Waals surface area contributed by atoms with Gasteiger partial charge in [-0.2, -0.15) is 5.10 Å². The lowest BCUT2D eigenvalue weighted by Gasteiger charge is -2.08. The molecule has 0 bridgehead atoms. The monoisotopic (exact) mass is 245 g/mol. The normalized spacial score (nSPS) is 12.8. The van der Waals surface area contributed by atoms with Crippen LogP contribution in [0.2, 0.25) is 0 Å². The number of nitrogens with two attached hydrogens (primary N) is 1. The first-order valence-electron chi connectivity index (χ1n) is 6.04. The molecule has 0 aliphatic rings. The van der Waals surface area contributed by atoms with Crippen LogP contribution in [0.1, 0.15) is 41.4 Å². The van der Waals surface area contributed by atoms with Gasteiger partial charge in [-0.3, -0.25) is 0 Å². The van der Waals surface area contributed by atoms with Gasteiger partial charge in [0.15, 0.2) is 5.82 Å². The molecule has 2 N–H and O–H groups in total. The van der Waals surface area contributed by atoms with Crippen LogP contribution in [0, 0.1) is 27.7 Å². The highest BCUT2D eigenvalue weighted by Gasteiger charge is 2.16. The average molecular weight is 245 g/mol.